The van der Waals surface area contributed by atoms with Gasteiger partial charge in [-0.25, -0.2) is 13.2 Å². The Morgan fingerprint density at radius 2 is 2.10 bits per heavy atom. The van der Waals surface area contributed by atoms with Crippen molar-refractivity contribution in [3.05, 3.63) is 23.2 Å². The van der Waals surface area contributed by atoms with Gasteiger partial charge < -0.3 is 14.8 Å². The van der Waals surface area contributed by atoms with Crippen molar-refractivity contribution >= 4 is 27.5 Å². The van der Waals surface area contributed by atoms with Crippen LogP contribution in [0, 0.1) is 11.3 Å². The molecule has 1 aromatic rings. The van der Waals surface area contributed by atoms with Crippen molar-refractivity contribution in [2.45, 2.75) is 60.4 Å². The Balaban J connectivity index is 1.64. The molecular formula is C18H19ClF3N3O5S. The summed E-state index contributed by atoms with van der Waals surface area (Å²) < 4.78 is 73.6. The van der Waals surface area contributed by atoms with Crippen molar-refractivity contribution < 1.29 is 35.9 Å². The van der Waals surface area contributed by atoms with Crippen molar-refractivity contribution in [3.8, 4) is 11.8 Å². The topological polar surface area (TPSA) is 118 Å². The number of halogens is 4. The van der Waals surface area contributed by atoms with Crippen molar-refractivity contribution in [1.82, 2.24) is 10.6 Å². The van der Waals surface area contributed by atoms with Crippen molar-refractivity contribution in [2.75, 3.05) is 6.54 Å². The number of amides is 1. The van der Waals surface area contributed by atoms with Gasteiger partial charge in [0.25, 0.3) is 0 Å². The Morgan fingerprint density at radius 1 is 1.42 bits per heavy atom. The smallest absolute Gasteiger partial charge is 0.425 e. The first-order valence-corrected chi connectivity index (χ1v) is 11.2. The minimum Gasteiger partial charge on any atom is -0.481 e. The molecule has 31 heavy (non-hydrogen) atoms. The van der Waals surface area contributed by atoms with E-state index in [1.807, 2.05) is 6.07 Å². The molecule has 3 rings (SSSR count). The maximum absolute atomic E-state index is 12.9. The normalized spacial score (nSPS) is 23.5. The molecule has 2 N–H and O–H groups in total. The van der Waals surface area contributed by atoms with Crippen molar-refractivity contribution in [1.29, 1.82) is 5.26 Å². The number of nitrogens with one attached hydrogen (secondary N) is 2. The van der Waals surface area contributed by atoms with E-state index in [1.54, 1.807) is 0 Å². The average Bonchev–Trinajstić information content (AvgIpc) is 3.27. The number of alkyl halides is 3. The summed E-state index contributed by atoms with van der Waals surface area (Å²) in [5.74, 6) is -0.220. The van der Waals surface area contributed by atoms with E-state index in [0.29, 0.717) is 12.8 Å². The molecule has 2 fully saturated rings. The van der Waals surface area contributed by atoms with Gasteiger partial charge in [0, 0.05) is 19.0 Å². The van der Waals surface area contributed by atoms with Gasteiger partial charge >= 0.3 is 12.3 Å². The van der Waals surface area contributed by atoms with Crippen molar-refractivity contribution in [2.24, 2.45) is 0 Å². The SMILES string of the molecule is C[C@H](Oc1ccc(S(=O)(=O)[C@H]2CN[C@@H](OC(=O)NC3(C#N)CC3)C2)c(Cl)c1)C(F)(F)F. The number of carbonyl (C=O) groups excluding carboxylic acids is 1. The molecule has 2 aliphatic rings. The Bertz CT molecular complexity index is 1010. The minimum absolute atomic E-state index is 0.0244. The highest BCUT2D eigenvalue weighted by Gasteiger charge is 2.46. The minimum atomic E-state index is -4.58. The fourth-order valence-corrected chi connectivity index (χ4v) is 5.16. The van der Waals surface area contributed by atoms with E-state index >= 15 is 0 Å². The van der Waals surface area contributed by atoms with Crippen LogP contribution < -0.4 is 15.4 Å². The Hall–Kier alpha value is -2.23. The van der Waals surface area contributed by atoms with Crippen LogP contribution in [0.1, 0.15) is 26.2 Å². The molecule has 13 heteroatoms. The van der Waals surface area contributed by atoms with Gasteiger partial charge in [0.05, 0.1) is 21.2 Å². The first-order chi connectivity index (χ1) is 14.4. The molecule has 0 unspecified atom stereocenters. The largest absolute Gasteiger partial charge is 0.481 e. The van der Waals surface area contributed by atoms with Crippen LogP contribution in [0.4, 0.5) is 18.0 Å². The van der Waals surface area contributed by atoms with Gasteiger partial charge in [0.1, 0.15) is 11.3 Å². The first kappa shape index (κ1) is 23.4. The lowest BCUT2D eigenvalue weighted by molar-refractivity contribution is -0.189. The number of alkyl carbamates (subject to hydrolysis) is 1. The highest BCUT2D eigenvalue weighted by molar-refractivity contribution is 7.92. The number of ether oxygens (including phenoxy) is 2. The fourth-order valence-electron chi connectivity index (χ4n) is 2.97. The first-order valence-electron chi connectivity index (χ1n) is 9.26. The Labute approximate surface area is 181 Å². The number of hydrogen-bond donors (Lipinski definition) is 2. The highest BCUT2D eigenvalue weighted by Crippen LogP contribution is 2.35. The summed E-state index contributed by atoms with van der Waals surface area (Å²) in [6.07, 6.45) is -7.40. The molecule has 1 saturated heterocycles. The van der Waals surface area contributed by atoms with Gasteiger partial charge in [-0.1, -0.05) is 11.6 Å². The Morgan fingerprint density at radius 3 is 2.65 bits per heavy atom. The van der Waals surface area contributed by atoms with Gasteiger partial charge in [0.2, 0.25) is 0 Å². The number of nitrogens with zero attached hydrogens (tertiary/aromatic N) is 1. The lowest BCUT2D eigenvalue weighted by Crippen LogP contribution is -2.40. The van der Waals surface area contributed by atoms with E-state index < -0.39 is 45.2 Å². The maximum Gasteiger partial charge on any atom is 0.425 e. The van der Waals surface area contributed by atoms with Crippen LogP contribution >= 0.6 is 11.6 Å². The zero-order valence-corrected chi connectivity index (χ0v) is 17.8. The number of sulfone groups is 1. The summed E-state index contributed by atoms with van der Waals surface area (Å²) in [5.41, 5.74) is -0.915. The fraction of sp³-hybridized carbons (Fsp3) is 0.556. The van der Waals surface area contributed by atoms with E-state index in [-0.39, 0.29) is 28.6 Å². The number of hydrogen-bond acceptors (Lipinski definition) is 7. The summed E-state index contributed by atoms with van der Waals surface area (Å²) in [6, 6.07) is 5.17. The molecule has 1 saturated carbocycles. The summed E-state index contributed by atoms with van der Waals surface area (Å²) in [7, 11) is -3.98. The summed E-state index contributed by atoms with van der Waals surface area (Å²) >= 11 is 6.02. The lowest BCUT2D eigenvalue weighted by atomic mass is 10.3. The molecule has 0 spiro atoms. The molecule has 1 amide bonds. The van der Waals surface area contributed by atoms with Gasteiger partial charge in [-0.2, -0.15) is 18.4 Å². The third kappa shape index (κ3) is 5.34. The molecule has 1 aliphatic carbocycles. The molecule has 1 heterocycles. The van der Waals surface area contributed by atoms with Crippen LogP contribution in [0.5, 0.6) is 5.75 Å². The van der Waals surface area contributed by atoms with E-state index in [2.05, 4.69) is 10.6 Å². The molecule has 3 atom stereocenters. The number of nitriles is 1. The van der Waals surface area contributed by atoms with E-state index in [4.69, 9.17) is 26.3 Å². The van der Waals surface area contributed by atoms with Gasteiger partial charge in [-0.3, -0.25) is 5.32 Å². The van der Waals surface area contributed by atoms with E-state index in [0.717, 1.165) is 25.1 Å². The number of benzene rings is 1. The quantitative estimate of drug-likeness (QED) is 0.641. The zero-order valence-electron chi connectivity index (χ0n) is 16.2. The summed E-state index contributed by atoms with van der Waals surface area (Å²) in [6.45, 7) is 0.796. The molecule has 1 aromatic carbocycles. The third-order valence-corrected chi connectivity index (χ3v) is 7.66. The Kier molecular flexibility index (Phi) is 6.32. The third-order valence-electron chi connectivity index (χ3n) is 5.03. The van der Waals surface area contributed by atoms with Crippen LogP contribution in [0.15, 0.2) is 23.1 Å². The zero-order chi connectivity index (χ0) is 23.0. The number of carbonyl (C=O) groups is 1. The lowest BCUT2D eigenvalue weighted by Gasteiger charge is -2.19. The van der Waals surface area contributed by atoms with E-state index in [9.17, 15) is 26.4 Å². The standard InChI is InChI=1S/C18H19ClF3N3O5S/c1-10(18(20,21)22)29-11-2-3-14(13(19)6-11)31(27,28)12-7-15(24-8-12)30-16(26)25-17(9-23)4-5-17/h2-3,6,10,12,15,24H,4-5,7-8H2,1H3,(H,25,26)/t10-,12+,15-/m0/s1. The maximum atomic E-state index is 12.9. The monoisotopic (exact) mass is 481 g/mol. The van der Waals surface area contributed by atoms with Gasteiger partial charge in [-0.05, 0) is 31.9 Å². The molecule has 1 aliphatic heterocycles. The average molecular weight is 482 g/mol. The highest BCUT2D eigenvalue weighted by atomic mass is 35.5. The second-order valence-electron chi connectivity index (χ2n) is 7.42. The van der Waals surface area contributed by atoms with Gasteiger partial charge in [0.15, 0.2) is 22.2 Å². The van der Waals surface area contributed by atoms with Crippen LogP contribution in [0.3, 0.4) is 0 Å². The molecular weight excluding hydrogens is 463 g/mol. The number of rotatable bonds is 6. The van der Waals surface area contributed by atoms with Crippen LogP contribution in [0.2, 0.25) is 5.02 Å². The predicted octanol–water partition coefficient (Wildman–Crippen LogP) is 2.91. The van der Waals surface area contributed by atoms with Crippen LogP contribution in [-0.4, -0.2) is 50.4 Å². The van der Waals surface area contributed by atoms with Crippen LogP contribution in [0.25, 0.3) is 0 Å². The van der Waals surface area contributed by atoms with Crippen LogP contribution in [-0.2, 0) is 14.6 Å². The van der Waals surface area contributed by atoms with Crippen molar-refractivity contribution in [3.63, 3.8) is 0 Å². The summed E-state index contributed by atoms with van der Waals surface area (Å²) in [4.78, 5) is 11.6. The molecule has 0 radical (unpaired) electrons. The molecule has 8 nitrogen and oxygen atoms in total. The predicted molar refractivity (Wildman–Crippen MR) is 102 cm³/mol. The molecule has 0 bridgehead atoms. The molecule has 170 valence electrons. The second kappa shape index (κ2) is 8.37. The summed E-state index contributed by atoms with van der Waals surface area (Å²) in [5, 5.41) is 12.9. The van der Waals surface area contributed by atoms with Gasteiger partial charge in [-0.15, -0.1) is 0 Å². The second-order valence-corrected chi connectivity index (χ2v) is 10.0. The molecule has 0 aromatic heterocycles. The van der Waals surface area contributed by atoms with E-state index in [1.165, 1.54) is 0 Å².